The molecule has 0 bridgehead atoms. The van der Waals surface area contributed by atoms with E-state index in [1.807, 2.05) is 0 Å². The Morgan fingerprint density at radius 3 is 3.10 bits per heavy atom. The van der Waals surface area contributed by atoms with Crippen LogP contribution in [0.1, 0.15) is 32.6 Å². The lowest BCUT2D eigenvalue weighted by molar-refractivity contribution is 0.352. The molecule has 0 amide bonds. The topological polar surface area (TPSA) is 77.6 Å². The molecule has 1 aliphatic rings. The van der Waals surface area contributed by atoms with Crippen molar-refractivity contribution in [2.75, 3.05) is 6.54 Å². The van der Waals surface area contributed by atoms with E-state index in [1.165, 1.54) is 23.9 Å². The fourth-order valence-corrected chi connectivity index (χ4v) is 3.32. The van der Waals surface area contributed by atoms with Gasteiger partial charge in [0.05, 0.1) is 6.20 Å². The minimum Gasteiger partial charge on any atom is -0.314 e. The van der Waals surface area contributed by atoms with E-state index in [-0.39, 0.29) is 5.56 Å². The Bertz CT molecular complexity index is 676. The standard InChI is InChI=1S/C14H22N6O/c1-3-15-12-6-4-5-10(12)7-8-20-14(21)11-9-16-19(2)13(11)17-18-20/h9-10,12,15H,3-8H2,1-2H3. The normalized spacial score (nSPS) is 22.2. The number of aromatic nitrogens is 5. The van der Waals surface area contributed by atoms with Crippen LogP contribution in [0.4, 0.5) is 0 Å². The number of hydrogen-bond donors (Lipinski definition) is 1. The number of nitrogens with zero attached hydrogens (tertiary/aromatic N) is 5. The van der Waals surface area contributed by atoms with Crippen molar-refractivity contribution in [1.29, 1.82) is 0 Å². The van der Waals surface area contributed by atoms with Crippen LogP contribution in [0.3, 0.4) is 0 Å². The van der Waals surface area contributed by atoms with E-state index in [4.69, 9.17) is 0 Å². The lowest BCUT2D eigenvalue weighted by Gasteiger charge is -2.20. The first kappa shape index (κ1) is 14.2. The van der Waals surface area contributed by atoms with Gasteiger partial charge in [0, 0.05) is 19.6 Å². The van der Waals surface area contributed by atoms with Gasteiger partial charge in [-0.15, -0.1) is 5.10 Å². The average Bonchev–Trinajstić information content (AvgIpc) is 3.07. The predicted octanol–water partition coefficient (Wildman–Crippen LogP) is 0.693. The minimum atomic E-state index is -0.0916. The second-order valence-corrected chi connectivity index (χ2v) is 5.77. The van der Waals surface area contributed by atoms with E-state index in [0.29, 0.717) is 29.5 Å². The molecule has 0 saturated heterocycles. The van der Waals surface area contributed by atoms with Crippen LogP contribution < -0.4 is 10.9 Å². The Morgan fingerprint density at radius 1 is 1.43 bits per heavy atom. The summed E-state index contributed by atoms with van der Waals surface area (Å²) >= 11 is 0. The van der Waals surface area contributed by atoms with Gasteiger partial charge in [0.1, 0.15) is 5.39 Å². The minimum absolute atomic E-state index is 0.0916. The predicted molar refractivity (Wildman–Crippen MR) is 80.0 cm³/mol. The fourth-order valence-electron chi connectivity index (χ4n) is 3.32. The molecule has 21 heavy (non-hydrogen) atoms. The molecule has 3 rings (SSSR count). The third-order valence-electron chi connectivity index (χ3n) is 4.46. The van der Waals surface area contributed by atoms with Crippen LogP contribution in [-0.2, 0) is 13.6 Å². The number of hydrogen-bond acceptors (Lipinski definition) is 5. The molecule has 1 saturated carbocycles. The second-order valence-electron chi connectivity index (χ2n) is 5.77. The van der Waals surface area contributed by atoms with Crippen LogP contribution in [0, 0.1) is 5.92 Å². The molecule has 2 unspecified atom stereocenters. The van der Waals surface area contributed by atoms with Crippen LogP contribution in [0.2, 0.25) is 0 Å². The number of nitrogens with one attached hydrogen (secondary N) is 1. The van der Waals surface area contributed by atoms with E-state index in [9.17, 15) is 4.79 Å². The first-order valence-electron chi connectivity index (χ1n) is 7.69. The van der Waals surface area contributed by atoms with Crippen molar-refractivity contribution >= 4 is 11.0 Å². The summed E-state index contributed by atoms with van der Waals surface area (Å²) in [6.45, 7) is 3.77. The molecule has 2 atom stereocenters. The summed E-state index contributed by atoms with van der Waals surface area (Å²) in [5.41, 5.74) is 0.453. The molecule has 1 N–H and O–H groups in total. The maximum atomic E-state index is 12.3. The third-order valence-corrected chi connectivity index (χ3v) is 4.46. The van der Waals surface area contributed by atoms with E-state index in [2.05, 4.69) is 27.7 Å². The molecular formula is C14H22N6O. The van der Waals surface area contributed by atoms with Gasteiger partial charge in [-0.1, -0.05) is 18.6 Å². The summed E-state index contributed by atoms with van der Waals surface area (Å²) in [5.74, 6) is 0.628. The van der Waals surface area contributed by atoms with Crippen LogP contribution in [0.25, 0.3) is 11.0 Å². The zero-order valence-corrected chi connectivity index (χ0v) is 12.6. The van der Waals surface area contributed by atoms with Crippen LogP contribution in [0.15, 0.2) is 11.0 Å². The van der Waals surface area contributed by atoms with E-state index >= 15 is 0 Å². The summed E-state index contributed by atoms with van der Waals surface area (Å²) in [5, 5.41) is 16.3. The van der Waals surface area contributed by atoms with Crippen molar-refractivity contribution in [3.63, 3.8) is 0 Å². The van der Waals surface area contributed by atoms with E-state index in [1.54, 1.807) is 17.9 Å². The first-order chi connectivity index (χ1) is 10.2. The zero-order chi connectivity index (χ0) is 14.8. The maximum Gasteiger partial charge on any atom is 0.280 e. The van der Waals surface area contributed by atoms with Gasteiger partial charge in [-0.3, -0.25) is 4.79 Å². The molecule has 0 spiro atoms. The Kier molecular flexibility index (Phi) is 4.01. The molecule has 0 radical (unpaired) electrons. The van der Waals surface area contributed by atoms with Gasteiger partial charge >= 0.3 is 0 Å². The SMILES string of the molecule is CCNC1CCCC1CCn1nnc2c(cnn2C)c1=O. The second kappa shape index (κ2) is 5.93. The van der Waals surface area contributed by atoms with Crippen molar-refractivity contribution in [2.45, 2.75) is 45.2 Å². The molecule has 2 aromatic heterocycles. The van der Waals surface area contributed by atoms with Crippen molar-refractivity contribution in [1.82, 2.24) is 30.1 Å². The number of rotatable bonds is 5. The van der Waals surface area contributed by atoms with Crippen molar-refractivity contribution in [3.8, 4) is 0 Å². The molecule has 0 aromatic carbocycles. The quantitative estimate of drug-likeness (QED) is 0.877. The summed E-state index contributed by atoms with van der Waals surface area (Å²) in [6, 6.07) is 0.584. The average molecular weight is 290 g/mol. The lowest BCUT2D eigenvalue weighted by atomic mass is 9.99. The Hall–Kier alpha value is -1.76. The van der Waals surface area contributed by atoms with Crippen molar-refractivity contribution in [3.05, 3.63) is 16.6 Å². The monoisotopic (exact) mass is 290 g/mol. The molecule has 114 valence electrons. The Labute approximate surface area is 123 Å². The molecule has 1 fully saturated rings. The van der Waals surface area contributed by atoms with E-state index < -0.39 is 0 Å². The van der Waals surface area contributed by atoms with Crippen LogP contribution in [0.5, 0.6) is 0 Å². The van der Waals surface area contributed by atoms with Gasteiger partial charge in [0.2, 0.25) is 0 Å². The molecule has 0 aliphatic heterocycles. The highest BCUT2D eigenvalue weighted by molar-refractivity contribution is 5.72. The molecular weight excluding hydrogens is 268 g/mol. The van der Waals surface area contributed by atoms with Crippen molar-refractivity contribution < 1.29 is 0 Å². The largest absolute Gasteiger partial charge is 0.314 e. The molecule has 2 aromatic rings. The van der Waals surface area contributed by atoms with Gasteiger partial charge in [0.15, 0.2) is 5.65 Å². The van der Waals surface area contributed by atoms with Crippen molar-refractivity contribution in [2.24, 2.45) is 13.0 Å². The smallest absolute Gasteiger partial charge is 0.280 e. The fraction of sp³-hybridized carbons (Fsp3) is 0.714. The zero-order valence-electron chi connectivity index (χ0n) is 12.6. The summed E-state index contributed by atoms with van der Waals surface area (Å²) in [7, 11) is 1.76. The molecule has 7 heteroatoms. The molecule has 1 aliphatic carbocycles. The first-order valence-corrected chi connectivity index (χ1v) is 7.69. The third kappa shape index (κ3) is 2.70. The van der Waals surface area contributed by atoms with Gasteiger partial charge in [-0.25, -0.2) is 9.36 Å². The lowest BCUT2D eigenvalue weighted by Crippen LogP contribution is -2.33. The number of fused-ring (bicyclic) bond motifs is 1. The van der Waals surface area contributed by atoms with Crippen LogP contribution in [-0.4, -0.2) is 37.4 Å². The number of aryl methyl sites for hydroxylation is 2. The van der Waals surface area contributed by atoms with Gasteiger partial charge in [0.25, 0.3) is 5.56 Å². The molecule has 2 heterocycles. The van der Waals surface area contributed by atoms with Gasteiger partial charge in [-0.2, -0.15) is 5.10 Å². The highest BCUT2D eigenvalue weighted by Gasteiger charge is 2.26. The maximum absolute atomic E-state index is 12.3. The summed E-state index contributed by atoms with van der Waals surface area (Å²) < 4.78 is 3.05. The Morgan fingerprint density at radius 2 is 2.29 bits per heavy atom. The van der Waals surface area contributed by atoms with Crippen LogP contribution >= 0.6 is 0 Å². The summed E-state index contributed by atoms with van der Waals surface area (Å²) in [4.78, 5) is 12.3. The summed E-state index contributed by atoms with van der Waals surface area (Å²) in [6.07, 6.45) is 6.28. The Balaban J connectivity index is 1.73. The highest BCUT2D eigenvalue weighted by atomic mass is 16.1. The van der Waals surface area contributed by atoms with E-state index in [0.717, 1.165) is 13.0 Å². The molecule has 7 nitrogen and oxygen atoms in total. The van der Waals surface area contributed by atoms with Gasteiger partial charge < -0.3 is 5.32 Å². The highest BCUT2D eigenvalue weighted by Crippen LogP contribution is 2.28. The van der Waals surface area contributed by atoms with Gasteiger partial charge in [-0.05, 0) is 31.7 Å².